The number of ether oxygens (including phenoxy) is 3. The summed E-state index contributed by atoms with van der Waals surface area (Å²) in [7, 11) is 0. The zero-order chi connectivity index (χ0) is 27.4. The molecule has 1 amide bonds. The van der Waals surface area contributed by atoms with Gasteiger partial charge in [-0.1, -0.05) is 11.3 Å². The van der Waals surface area contributed by atoms with Crippen LogP contribution in [-0.4, -0.2) is 47.0 Å². The van der Waals surface area contributed by atoms with Gasteiger partial charge in [-0.25, -0.2) is 13.8 Å². The highest BCUT2D eigenvalue weighted by Gasteiger charge is 2.26. The van der Waals surface area contributed by atoms with Crippen LogP contribution in [0.2, 0.25) is 0 Å². The first kappa shape index (κ1) is 27.3. The molecule has 202 valence electrons. The molecule has 8 nitrogen and oxygen atoms in total. The first-order valence-corrected chi connectivity index (χ1v) is 13.2. The Balaban J connectivity index is 1.80. The van der Waals surface area contributed by atoms with Crippen molar-refractivity contribution in [2.75, 3.05) is 31.3 Å². The molecule has 0 N–H and O–H groups in total. The third kappa shape index (κ3) is 5.72. The second-order valence-corrected chi connectivity index (χ2v) is 9.45. The van der Waals surface area contributed by atoms with Crippen molar-refractivity contribution in [3.8, 4) is 17.2 Å². The molecule has 0 aliphatic carbocycles. The summed E-state index contributed by atoms with van der Waals surface area (Å²) >= 11 is 1.04. The van der Waals surface area contributed by atoms with Gasteiger partial charge in [0.1, 0.15) is 11.3 Å². The maximum Gasteiger partial charge on any atom is 0.260 e. The fourth-order valence-electron chi connectivity index (χ4n) is 4.11. The van der Waals surface area contributed by atoms with Gasteiger partial charge in [0.25, 0.3) is 5.91 Å². The third-order valence-electron chi connectivity index (χ3n) is 5.67. The maximum atomic E-state index is 14.5. The van der Waals surface area contributed by atoms with Crippen LogP contribution in [-0.2, 0) is 6.54 Å². The van der Waals surface area contributed by atoms with E-state index in [1.165, 1.54) is 11.0 Å². The average molecular weight is 545 g/mol. The Labute approximate surface area is 223 Å². The number of anilines is 1. The number of amides is 1. The molecule has 0 bridgehead atoms. The van der Waals surface area contributed by atoms with Crippen LogP contribution in [0.3, 0.4) is 0 Å². The molecule has 2 aromatic heterocycles. The number of carbonyl (C=O) groups is 1. The standard InChI is InChI=1S/C27H30F2N4O4S/c1-6-35-21-12-18(13-22(36-7-2)25(21)37-8-3)26(34)32(9-10-33-17(5)11-16(4)31-33)27-30-24-20(29)14-19(28)15-23(24)38-27/h11-15H,6-10H2,1-5H3. The van der Waals surface area contributed by atoms with E-state index in [0.29, 0.717) is 48.3 Å². The summed E-state index contributed by atoms with van der Waals surface area (Å²) in [6, 6.07) is 7.13. The van der Waals surface area contributed by atoms with Crippen LogP contribution in [0, 0.1) is 25.5 Å². The molecule has 0 aliphatic heterocycles. The molecule has 0 radical (unpaired) electrons. The van der Waals surface area contributed by atoms with Gasteiger partial charge in [0.2, 0.25) is 5.75 Å². The number of benzene rings is 2. The van der Waals surface area contributed by atoms with E-state index in [1.807, 2.05) is 40.7 Å². The van der Waals surface area contributed by atoms with Crippen molar-refractivity contribution in [2.24, 2.45) is 0 Å². The molecule has 4 rings (SSSR count). The van der Waals surface area contributed by atoms with E-state index >= 15 is 0 Å². The van der Waals surface area contributed by atoms with Crippen LogP contribution in [0.1, 0.15) is 42.5 Å². The molecule has 0 saturated heterocycles. The van der Waals surface area contributed by atoms with Gasteiger partial charge in [-0.3, -0.25) is 14.4 Å². The van der Waals surface area contributed by atoms with Gasteiger partial charge >= 0.3 is 0 Å². The topological polar surface area (TPSA) is 78.7 Å². The lowest BCUT2D eigenvalue weighted by Gasteiger charge is -2.22. The monoisotopic (exact) mass is 544 g/mol. The van der Waals surface area contributed by atoms with Crippen LogP contribution >= 0.6 is 11.3 Å². The van der Waals surface area contributed by atoms with Crippen molar-refractivity contribution in [2.45, 2.75) is 41.2 Å². The number of aryl methyl sites for hydroxylation is 2. The molecule has 0 spiro atoms. The number of halogens is 2. The highest BCUT2D eigenvalue weighted by Crippen LogP contribution is 2.40. The lowest BCUT2D eigenvalue weighted by atomic mass is 10.1. The maximum absolute atomic E-state index is 14.5. The lowest BCUT2D eigenvalue weighted by molar-refractivity contribution is 0.0984. The number of hydrogen-bond acceptors (Lipinski definition) is 7. The zero-order valence-corrected chi connectivity index (χ0v) is 22.8. The second kappa shape index (κ2) is 11.8. The highest BCUT2D eigenvalue weighted by molar-refractivity contribution is 7.22. The van der Waals surface area contributed by atoms with Gasteiger partial charge in [-0.05, 0) is 58.9 Å². The van der Waals surface area contributed by atoms with Crippen LogP contribution in [0.25, 0.3) is 10.2 Å². The molecule has 0 saturated carbocycles. The van der Waals surface area contributed by atoms with E-state index in [-0.39, 0.29) is 22.8 Å². The van der Waals surface area contributed by atoms with Crippen molar-refractivity contribution in [3.63, 3.8) is 0 Å². The van der Waals surface area contributed by atoms with E-state index in [4.69, 9.17) is 14.2 Å². The summed E-state index contributed by atoms with van der Waals surface area (Å²) in [5.74, 6) is -0.735. The van der Waals surface area contributed by atoms with E-state index in [0.717, 1.165) is 28.8 Å². The minimum Gasteiger partial charge on any atom is -0.490 e. The smallest absolute Gasteiger partial charge is 0.260 e. The Morgan fingerprint density at radius 3 is 2.21 bits per heavy atom. The van der Waals surface area contributed by atoms with Gasteiger partial charge in [-0.2, -0.15) is 5.10 Å². The van der Waals surface area contributed by atoms with Crippen LogP contribution in [0.5, 0.6) is 17.2 Å². The van der Waals surface area contributed by atoms with Crippen molar-refractivity contribution in [1.29, 1.82) is 0 Å². The van der Waals surface area contributed by atoms with Crippen molar-refractivity contribution in [1.82, 2.24) is 14.8 Å². The Kier molecular flexibility index (Phi) is 8.45. The number of nitrogens with zero attached hydrogens (tertiary/aromatic N) is 4. The molecule has 0 aliphatic rings. The van der Waals surface area contributed by atoms with E-state index in [2.05, 4.69) is 10.1 Å². The largest absolute Gasteiger partial charge is 0.490 e. The van der Waals surface area contributed by atoms with Gasteiger partial charge in [0.05, 0.1) is 36.8 Å². The fraction of sp³-hybridized carbons (Fsp3) is 0.370. The van der Waals surface area contributed by atoms with E-state index in [1.54, 1.807) is 16.8 Å². The number of rotatable bonds is 11. The van der Waals surface area contributed by atoms with Crippen molar-refractivity contribution < 1.29 is 27.8 Å². The summed E-state index contributed by atoms with van der Waals surface area (Å²) in [6.07, 6.45) is 0. The van der Waals surface area contributed by atoms with Gasteiger partial charge in [0.15, 0.2) is 22.4 Å². The number of thiazole rings is 1. The van der Waals surface area contributed by atoms with Crippen molar-refractivity contribution >= 4 is 32.6 Å². The predicted octanol–water partition coefficient (Wildman–Crippen LogP) is 5.93. The number of hydrogen-bond donors (Lipinski definition) is 0. The van der Waals surface area contributed by atoms with Gasteiger partial charge in [0, 0.05) is 23.9 Å². The quantitative estimate of drug-likeness (QED) is 0.233. The first-order chi connectivity index (χ1) is 18.2. The Morgan fingerprint density at radius 1 is 0.974 bits per heavy atom. The average Bonchev–Trinajstić information content (AvgIpc) is 3.43. The Bertz CT molecular complexity index is 1430. The van der Waals surface area contributed by atoms with E-state index in [9.17, 15) is 13.6 Å². The Hall–Kier alpha value is -3.73. The fourth-order valence-corrected chi connectivity index (χ4v) is 5.14. The molecular weight excluding hydrogens is 514 g/mol. The molecule has 11 heteroatoms. The molecule has 0 unspecified atom stereocenters. The summed E-state index contributed by atoms with van der Waals surface area (Å²) in [5, 5.41) is 4.72. The third-order valence-corrected chi connectivity index (χ3v) is 6.70. The van der Waals surface area contributed by atoms with Crippen LogP contribution in [0.15, 0.2) is 30.3 Å². The summed E-state index contributed by atoms with van der Waals surface area (Å²) in [5.41, 5.74) is 2.07. The summed E-state index contributed by atoms with van der Waals surface area (Å²) in [6.45, 7) is 11.0. The highest BCUT2D eigenvalue weighted by atomic mass is 32.1. The second-order valence-electron chi connectivity index (χ2n) is 8.44. The summed E-state index contributed by atoms with van der Waals surface area (Å²) in [4.78, 5) is 19.8. The number of aromatic nitrogens is 3. The minimum absolute atomic E-state index is 0.00650. The molecule has 0 atom stereocenters. The zero-order valence-electron chi connectivity index (χ0n) is 22.0. The predicted molar refractivity (Wildman–Crippen MR) is 143 cm³/mol. The molecular formula is C27H30F2N4O4S. The normalized spacial score (nSPS) is 11.1. The lowest BCUT2D eigenvalue weighted by Crippen LogP contribution is -2.34. The molecule has 38 heavy (non-hydrogen) atoms. The van der Waals surface area contributed by atoms with Crippen LogP contribution in [0.4, 0.5) is 13.9 Å². The van der Waals surface area contributed by atoms with Crippen LogP contribution < -0.4 is 19.1 Å². The SMILES string of the molecule is CCOc1cc(C(=O)N(CCn2nc(C)cc2C)c2nc3c(F)cc(F)cc3s2)cc(OCC)c1OCC. The molecule has 2 aromatic carbocycles. The van der Waals surface area contributed by atoms with Gasteiger partial charge in [-0.15, -0.1) is 0 Å². The number of carbonyl (C=O) groups excluding carboxylic acids is 1. The molecule has 0 fully saturated rings. The minimum atomic E-state index is -0.785. The first-order valence-electron chi connectivity index (χ1n) is 12.4. The molecule has 4 aromatic rings. The van der Waals surface area contributed by atoms with E-state index < -0.39 is 17.5 Å². The summed E-state index contributed by atoms with van der Waals surface area (Å²) < 4.78 is 47.8. The van der Waals surface area contributed by atoms with Gasteiger partial charge < -0.3 is 14.2 Å². The molecule has 2 heterocycles. The number of fused-ring (bicyclic) bond motifs is 1. The Morgan fingerprint density at radius 2 is 1.63 bits per heavy atom. The van der Waals surface area contributed by atoms with Crippen molar-refractivity contribution in [3.05, 3.63) is 58.9 Å².